The van der Waals surface area contributed by atoms with Crippen molar-refractivity contribution in [3.63, 3.8) is 0 Å². The van der Waals surface area contributed by atoms with Crippen molar-refractivity contribution in [3.05, 3.63) is 71.3 Å². The lowest BCUT2D eigenvalue weighted by Crippen LogP contribution is -2.23. The topological polar surface area (TPSA) is 29.1 Å². The minimum atomic E-state index is 0.105. The number of hydrogen-bond donors (Lipinski definition) is 1. The molecule has 2 nitrogen and oxygen atoms in total. The Hall–Kier alpha value is -2.09. The SMILES string of the molecule is CC(C)c1cccc(CNC(=O)CCc2ccccc2)c1. The molecule has 0 heterocycles. The molecule has 0 spiro atoms. The number of benzene rings is 2. The van der Waals surface area contributed by atoms with Crippen LogP contribution in [0.4, 0.5) is 0 Å². The summed E-state index contributed by atoms with van der Waals surface area (Å²) in [6.07, 6.45) is 1.33. The van der Waals surface area contributed by atoms with Crippen LogP contribution in [0.5, 0.6) is 0 Å². The molecule has 1 amide bonds. The Kier molecular flexibility index (Phi) is 5.56. The minimum absolute atomic E-state index is 0.105. The Balaban J connectivity index is 1.80. The van der Waals surface area contributed by atoms with Gasteiger partial charge in [0.1, 0.15) is 0 Å². The smallest absolute Gasteiger partial charge is 0.220 e. The Morgan fingerprint density at radius 2 is 1.71 bits per heavy atom. The van der Waals surface area contributed by atoms with Gasteiger partial charge in [0.25, 0.3) is 0 Å². The van der Waals surface area contributed by atoms with Crippen molar-refractivity contribution in [3.8, 4) is 0 Å². The van der Waals surface area contributed by atoms with Gasteiger partial charge < -0.3 is 5.32 Å². The van der Waals surface area contributed by atoms with E-state index < -0.39 is 0 Å². The summed E-state index contributed by atoms with van der Waals surface area (Å²) >= 11 is 0. The summed E-state index contributed by atoms with van der Waals surface area (Å²) in [5.41, 5.74) is 3.68. The van der Waals surface area contributed by atoms with Crippen LogP contribution in [-0.4, -0.2) is 5.91 Å². The zero-order valence-corrected chi connectivity index (χ0v) is 12.8. The maximum atomic E-state index is 11.9. The third-order valence-electron chi connectivity index (χ3n) is 3.59. The molecular formula is C19H23NO. The van der Waals surface area contributed by atoms with Gasteiger partial charge in [-0.1, -0.05) is 68.4 Å². The van der Waals surface area contributed by atoms with Gasteiger partial charge in [-0.25, -0.2) is 0 Å². The van der Waals surface area contributed by atoms with Gasteiger partial charge in [-0.2, -0.15) is 0 Å². The first-order chi connectivity index (χ1) is 10.1. The largest absolute Gasteiger partial charge is 0.352 e. The molecule has 0 unspecified atom stereocenters. The lowest BCUT2D eigenvalue weighted by molar-refractivity contribution is -0.121. The van der Waals surface area contributed by atoms with Crippen molar-refractivity contribution in [2.45, 2.75) is 39.2 Å². The fourth-order valence-corrected chi connectivity index (χ4v) is 2.25. The van der Waals surface area contributed by atoms with Crippen molar-refractivity contribution in [1.29, 1.82) is 0 Å². The van der Waals surface area contributed by atoms with Gasteiger partial charge in [0.15, 0.2) is 0 Å². The Morgan fingerprint density at radius 3 is 2.43 bits per heavy atom. The molecule has 1 N–H and O–H groups in total. The second kappa shape index (κ2) is 7.63. The molecule has 2 aromatic carbocycles. The molecule has 110 valence electrons. The zero-order chi connectivity index (χ0) is 15.1. The number of aryl methyl sites for hydroxylation is 1. The summed E-state index contributed by atoms with van der Waals surface area (Å²) in [7, 11) is 0. The van der Waals surface area contributed by atoms with Crippen molar-refractivity contribution < 1.29 is 4.79 Å². The van der Waals surface area contributed by atoms with Crippen LogP contribution in [0.2, 0.25) is 0 Å². The highest BCUT2D eigenvalue weighted by Gasteiger charge is 2.04. The molecule has 0 aliphatic rings. The highest BCUT2D eigenvalue weighted by atomic mass is 16.1. The first-order valence-electron chi connectivity index (χ1n) is 7.54. The molecule has 2 aromatic rings. The second-order valence-electron chi connectivity index (χ2n) is 5.66. The van der Waals surface area contributed by atoms with Crippen LogP contribution in [0.1, 0.15) is 42.9 Å². The summed E-state index contributed by atoms with van der Waals surface area (Å²) in [6, 6.07) is 18.5. The second-order valence-corrected chi connectivity index (χ2v) is 5.66. The van der Waals surface area contributed by atoms with Gasteiger partial charge in [0.05, 0.1) is 0 Å². The molecule has 2 heteroatoms. The summed E-state index contributed by atoms with van der Waals surface area (Å²) in [5.74, 6) is 0.618. The van der Waals surface area contributed by atoms with Crippen LogP contribution in [-0.2, 0) is 17.8 Å². The Morgan fingerprint density at radius 1 is 1.00 bits per heavy atom. The highest BCUT2D eigenvalue weighted by molar-refractivity contribution is 5.76. The zero-order valence-electron chi connectivity index (χ0n) is 12.8. The molecular weight excluding hydrogens is 258 g/mol. The van der Waals surface area contributed by atoms with E-state index in [0.717, 1.165) is 12.0 Å². The van der Waals surface area contributed by atoms with Gasteiger partial charge in [-0.05, 0) is 29.0 Å². The van der Waals surface area contributed by atoms with Crippen LogP contribution in [0.25, 0.3) is 0 Å². The third kappa shape index (κ3) is 5.07. The molecule has 0 saturated heterocycles. The van der Waals surface area contributed by atoms with E-state index in [9.17, 15) is 4.79 Å². The number of amides is 1. The highest BCUT2D eigenvalue weighted by Crippen LogP contribution is 2.15. The van der Waals surface area contributed by atoms with Crippen molar-refractivity contribution in [2.75, 3.05) is 0 Å². The first kappa shape index (κ1) is 15.3. The van der Waals surface area contributed by atoms with Crippen molar-refractivity contribution in [1.82, 2.24) is 5.32 Å². The van der Waals surface area contributed by atoms with Gasteiger partial charge in [0.2, 0.25) is 5.91 Å². The quantitative estimate of drug-likeness (QED) is 0.850. The van der Waals surface area contributed by atoms with E-state index in [0.29, 0.717) is 18.9 Å². The minimum Gasteiger partial charge on any atom is -0.352 e. The number of hydrogen-bond acceptors (Lipinski definition) is 1. The van der Waals surface area contributed by atoms with Crippen LogP contribution < -0.4 is 5.32 Å². The number of carbonyl (C=O) groups excluding carboxylic acids is 1. The Bertz CT molecular complexity index is 575. The molecule has 0 atom stereocenters. The number of rotatable bonds is 6. The maximum absolute atomic E-state index is 11.9. The van der Waals surface area contributed by atoms with Crippen LogP contribution in [0.3, 0.4) is 0 Å². The lowest BCUT2D eigenvalue weighted by Gasteiger charge is -2.09. The van der Waals surface area contributed by atoms with Gasteiger partial charge in [-0.3, -0.25) is 4.79 Å². The molecule has 0 aliphatic carbocycles. The van der Waals surface area contributed by atoms with Gasteiger partial charge in [-0.15, -0.1) is 0 Å². The van der Waals surface area contributed by atoms with E-state index in [2.05, 4.69) is 55.6 Å². The van der Waals surface area contributed by atoms with E-state index >= 15 is 0 Å². The molecule has 0 fully saturated rings. The molecule has 0 aliphatic heterocycles. The monoisotopic (exact) mass is 281 g/mol. The fourth-order valence-electron chi connectivity index (χ4n) is 2.25. The number of nitrogens with one attached hydrogen (secondary N) is 1. The number of carbonyl (C=O) groups is 1. The van der Waals surface area contributed by atoms with Gasteiger partial charge >= 0.3 is 0 Å². The fraction of sp³-hybridized carbons (Fsp3) is 0.316. The normalized spacial score (nSPS) is 10.6. The van der Waals surface area contributed by atoms with Gasteiger partial charge in [0, 0.05) is 13.0 Å². The first-order valence-corrected chi connectivity index (χ1v) is 7.54. The standard InChI is InChI=1S/C19H23NO/c1-15(2)18-10-6-9-17(13-18)14-20-19(21)12-11-16-7-4-3-5-8-16/h3-10,13,15H,11-12,14H2,1-2H3,(H,20,21). The van der Waals surface area contributed by atoms with Crippen LogP contribution >= 0.6 is 0 Å². The van der Waals surface area contributed by atoms with Crippen LogP contribution in [0.15, 0.2) is 54.6 Å². The third-order valence-corrected chi connectivity index (χ3v) is 3.59. The molecule has 0 bridgehead atoms. The summed E-state index contributed by atoms with van der Waals surface area (Å²) in [4.78, 5) is 11.9. The summed E-state index contributed by atoms with van der Waals surface area (Å²) in [5, 5.41) is 3.00. The Labute approximate surface area is 127 Å². The predicted molar refractivity (Wildman–Crippen MR) is 87.1 cm³/mol. The van der Waals surface area contributed by atoms with Crippen molar-refractivity contribution in [2.24, 2.45) is 0 Å². The van der Waals surface area contributed by atoms with E-state index in [1.165, 1.54) is 11.1 Å². The predicted octanol–water partition coefficient (Wildman–Crippen LogP) is 4.06. The molecule has 0 aromatic heterocycles. The maximum Gasteiger partial charge on any atom is 0.220 e. The molecule has 0 radical (unpaired) electrons. The average molecular weight is 281 g/mol. The molecule has 21 heavy (non-hydrogen) atoms. The average Bonchev–Trinajstić information content (AvgIpc) is 2.52. The van der Waals surface area contributed by atoms with E-state index in [4.69, 9.17) is 0 Å². The molecule has 2 rings (SSSR count). The summed E-state index contributed by atoms with van der Waals surface area (Å²) in [6.45, 7) is 4.96. The summed E-state index contributed by atoms with van der Waals surface area (Å²) < 4.78 is 0. The lowest BCUT2D eigenvalue weighted by atomic mass is 10.0. The van der Waals surface area contributed by atoms with Crippen molar-refractivity contribution >= 4 is 5.91 Å². The van der Waals surface area contributed by atoms with Crippen LogP contribution in [0, 0.1) is 0 Å². The van der Waals surface area contributed by atoms with E-state index in [-0.39, 0.29) is 5.91 Å². The molecule has 0 saturated carbocycles. The van der Waals surface area contributed by atoms with E-state index in [1.54, 1.807) is 0 Å². The van der Waals surface area contributed by atoms with E-state index in [1.807, 2.05) is 18.2 Å².